The molecule has 6 heteroatoms. The Morgan fingerprint density at radius 3 is 2.58 bits per heavy atom. The second-order valence-electron chi connectivity index (χ2n) is 4.02. The molecule has 1 rings (SSSR count). The van der Waals surface area contributed by atoms with E-state index < -0.39 is 12.1 Å². The molecule has 19 heavy (non-hydrogen) atoms. The third-order valence-electron chi connectivity index (χ3n) is 1.92. The maximum atomic E-state index is 11.3. The monoisotopic (exact) mass is 283 g/mol. The normalized spacial score (nSPS) is 10.1. The second kappa shape index (κ2) is 8.42. The average molecular weight is 283 g/mol. The third-order valence-corrected chi connectivity index (χ3v) is 2.59. The smallest absolute Gasteiger partial charge is 0.407 e. The molecule has 0 aromatic heterocycles. The quantitative estimate of drug-likeness (QED) is 0.813. The van der Waals surface area contributed by atoms with Gasteiger partial charge in [-0.2, -0.15) is 0 Å². The van der Waals surface area contributed by atoms with Crippen LogP contribution in [0, 0.1) is 0 Å². The molecular weight excluding hydrogens is 266 g/mol. The van der Waals surface area contributed by atoms with Crippen LogP contribution < -0.4 is 5.32 Å². The molecule has 0 aliphatic rings. The van der Waals surface area contributed by atoms with Gasteiger partial charge in [0.25, 0.3) is 0 Å². The Bertz CT molecular complexity index is 408. The van der Waals surface area contributed by atoms with Gasteiger partial charge in [0.2, 0.25) is 0 Å². The standard InChI is InChI=1S/C13H17NO4S/c1-10(2)19-18-12(15)8-14-13(16)17-9-11-6-4-3-5-7-11/h3-7,10H,8-9H2,1-2H3,(H,14,16). The van der Waals surface area contributed by atoms with Gasteiger partial charge in [-0.15, -0.1) is 0 Å². The molecule has 0 aliphatic carbocycles. The van der Waals surface area contributed by atoms with Gasteiger partial charge in [-0.05, 0) is 5.56 Å². The molecule has 0 spiro atoms. The SMILES string of the molecule is CC(C)SOC(=O)CNC(=O)OCc1ccccc1. The first kappa shape index (κ1) is 15.4. The number of benzene rings is 1. The number of carbonyl (C=O) groups excluding carboxylic acids is 2. The lowest BCUT2D eigenvalue weighted by Gasteiger charge is -2.07. The van der Waals surface area contributed by atoms with Gasteiger partial charge in [-0.25, -0.2) is 9.59 Å². The summed E-state index contributed by atoms with van der Waals surface area (Å²) in [5.74, 6) is -0.504. The number of rotatable bonds is 6. The highest BCUT2D eigenvalue weighted by atomic mass is 32.2. The molecule has 0 unspecified atom stereocenters. The van der Waals surface area contributed by atoms with E-state index in [1.807, 2.05) is 44.2 Å². The largest absolute Gasteiger partial charge is 0.445 e. The number of alkyl carbamates (subject to hydrolysis) is 1. The average Bonchev–Trinajstić information content (AvgIpc) is 2.41. The van der Waals surface area contributed by atoms with Crippen LogP contribution in [0.3, 0.4) is 0 Å². The summed E-state index contributed by atoms with van der Waals surface area (Å²) in [7, 11) is 0. The maximum Gasteiger partial charge on any atom is 0.407 e. The van der Waals surface area contributed by atoms with Gasteiger partial charge in [-0.1, -0.05) is 44.2 Å². The van der Waals surface area contributed by atoms with E-state index in [1.54, 1.807) is 0 Å². The number of nitrogens with one attached hydrogen (secondary N) is 1. The van der Waals surface area contributed by atoms with Gasteiger partial charge in [-0.3, -0.25) is 0 Å². The van der Waals surface area contributed by atoms with Gasteiger partial charge in [0.1, 0.15) is 13.2 Å². The molecule has 0 atom stereocenters. The summed E-state index contributed by atoms with van der Waals surface area (Å²) in [5, 5.41) is 2.52. The van der Waals surface area contributed by atoms with Crippen LogP contribution in [-0.2, 0) is 20.3 Å². The highest BCUT2D eigenvalue weighted by Gasteiger charge is 2.09. The Morgan fingerprint density at radius 2 is 1.95 bits per heavy atom. The maximum absolute atomic E-state index is 11.3. The van der Waals surface area contributed by atoms with Gasteiger partial charge < -0.3 is 14.2 Å². The molecule has 0 bridgehead atoms. The van der Waals surface area contributed by atoms with E-state index in [4.69, 9.17) is 8.92 Å². The van der Waals surface area contributed by atoms with Crippen LogP contribution in [0.25, 0.3) is 0 Å². The molecule has 0 saturated heterocycles. The van der Waals surface area contributed by atoms with Crippen molar-refractivity contribution < 1.29 is 18.5 Å². The number of ether oxygens (including phenoxy) is 1. The minimum Gasteiger partial charge on any atom is -0.445 e. The summed E-state index contributed by atoms with van der Waals surface area (Å²) in [6.45, 7) is 3.77. The van der Waals surface area contributed by atoms with Crippen molar-refractivity contribution in [3.05, 3.63) is 35.9 Å². The van der Waals surface area contributed by atoms with Gasteiger partial charge in [0.15, 0.2) is 0 Å². The van der Waals surface area contributed by atoms with Crippen LogP contribution in [0.4, 0.5) is 4.79 Å². The zero-order valence-corrected chi connectivity index (χ0v) is 11.7. The van der Waals surface area contributed by atoms with Crippen LogP contribution >= 0.6 is 12.0 Å². The highest BCUT2D eigenvalue weighted by Crippen LogP contribution is 2.10. The van der Waals surface area contributed by atoms with Crippen molar-refractivity contribution in [1.29, 1.82) is 0 Å². The topological polar surface area (TPSA) is 64.6 Å². The predicted molar refractivity (Wildman–Crippen MR) is 73.4 cm³/mol. The van der Waals surface area contributed by atoms with E-state index in [1.165, 1.54) is 0 Å². The number of amides is 1. The lowest BCUT2D eigenvalue weighted by atomic mass is 10.2. The Balaban J connectivity index is 2.16. The lowest BCUT2D eigenvalue weighted by Crippen LogP contribution is -2.30. The molecule has 0 saturated carbocycles. The fourth-order valence-corrected chi connectivity index (χ4v) is 1.46. The van der Waals surface area contributed by atoms with Gasteiger partial charge in [0, 0.05) is 5.25 Å². The van der Waals surface area contributed by atoms with Crippen molar-refractivity contribution in [2.24, 2.45) is 0 Å². The van der Waals surface area contributed by atoms with Gasteiger partial charge >= 0.3 is 12.1 Å². The summed E-state index contributed by atoms with van der Waals surface area (Å²) in [4.78, 5) is 22.5. The highest BCUT2D eigenvalue weighted by molar-refractivity contribution is 7.95. The van der Waals surface area contributed by atoms with Crippen molar-refractivity contribution in [1.82, 2.24) is 5.32 Å². The van der Waals surface area contributed by atoms with E-state index in [0.717, 1.165) is 17.6 Å². The van der Waals surface area contributed by atoms with Crippen LogP contribution in [-0.4, -0.2) is 23.9 Å². The summed E-state index contributed by atoms with van der Waals surface area (Å²) >= 11 is 1.06. The fourth-order valence-electron chi connectivity index (χ4n) is 1.10. The van der Waals surface area contributed by atoms with Crippen LogP contribution in [0.15, 0.2) is 30.3 Å². The molecule has 0 heterocycles. The van der Waals surface area contributed by atoms with Crippen molar-refractivity contribution in [2.75, 3.05) is 6.54 Å². The molecule has 0 fully saturated rings. The molecule has 5 nitrogen and oxygen atoms in total. The fraction of sp³-hybridized carbons (Fsp3) is 0.385. The summed E-state index contributed by atoms with van der Waals surface area (Å²) < 4.78 is 9.76. The predicted octanol–water partition coefficient (Wildman–Crippen LogP) is 2.51. The Kier molecular flexibility index (Phi) is 6.81. The molecular formula is C13H17NO4S. The Morgan fingerprint density at radius 1 is 1.26 bits per heavy atom. The molecule has 1 N–H and O–H groups in total. The Labute approximate surface area is 116 Å². The van der Waals surface area contributed by atoms with E-state index in [2.05, 4.69) is 5.32 Å². The van der Waals surface area contributed by atoms with E-state index in [9.17, 15) is 9.59 Å². The summed E-state index contributed by atoms with van der Waals surface area (Å²) in [6.07, 6.45) is -0.643. The molecule has 1 amide bonds. The van der Waals surface area contributed by atoms with Crippen molar-refractivity contribution in [3.63, 3.8) is 0 Å². The zero-order chi connectivity index (χ0) is 14.1. The van der Waals surface area contributed by atoms with Crippen LogP contribution in [0.5, 0.6) is 0 Å². The van der Waals surface area contributed by atoms with E-state index >= 15 is 0 Å². The third kappa shape index (κ3) is 7.35. The molecule has 1 aromatic rings. The molecule has 104 valence electrons. The summed E-state index contributed by atoms with van der Waals surface area (Å²) in [5.41, 5.74) is 0.885. The first-order chi connectivity index (χ1) is 9.08. The van der Waals surface area contributed by atoms with Gasteiger partial charge in [0.05, 0.1) is 12.0 Å². The molecule has 0 radical (unpaired) electrons. The second-order valence-corrected chi connectivity index (χ2v) is 5.32. The molecule has 1 aromatic carbocycles. The minimum atomic E-state index is -0.643. The van der Waals surface area contributed by atoms with E-state index in [0.29, 0.717) is 0 Å². The first-order valence-corrected chi connectivity index (χ1v) is 6.69. The molecule has 0 aliphatic heterocycles. The van der Waals surface area contributed by atoms with Crippen LogP contribution in [0.2, 0.25) is 0 Å². The Hall–Kier alpha value is -1.69. The first-order valence-electron chi connectivity index (χ1n) is 5.88. The number of hydrogen-bond donors (Lipinski definition) is 1. The van der Waals surface area contributed by atoms with Crippen molar-refractivity contribution in [2.45, 2.75) is 25.7 Å². The van der Waals surface area contributed by atoms with E-state index in [-0.39, 0.29) is 18.4 Å². The minimum absolute atomic E-state index is 0.169. The number of hydrogen-bond acceptors (Lipinski definition) is 5. The lowest BCUT2D eigenvalue weighted by molar-refractivity contribution is -0.132. The zero-order valence-electron chi connectivity index (χ0n) is 10.9. The van der Waals surface area contributed by atoms with Crippen molar-refractivity contribution in [3.8, 4) is 0 Å². The number of carbonyl (C=O) groups is 2. The van der Waals surface area contributed by atoms with Crippen LogP contribution in [0.1, 0.15) is 19.4 Å². The summed E-state index contributed by atoms with van der Waals surface area (Å²) in [6, 6.07) is 9.29. The van der Waals surface area contributed by atoms with Crippen molar-refractivity contribution >= 4 is 24.1 Å².